The van der Waals surface area contributed by atoms with Crippen LogP contribution in [-0.2, 0) is 6.18 Å². The summed E-state index contributed by atoms with van der Waals surface area (Å²) in [4.78, 5) is 4.06. The highest BCUT2D eigenvalue weighted by atomic mass is 19.4. The number of hydrogen-bond donors (Lipinski definition) is 0. The van der Waals surface area contributed by atoms with Gasteiger partial charge in [0.25, 0.3) is 0 Å². The molecule has 0 radical (unpaired) electrons. The molecule has 0 saturated carbocycles. The van der Waals surface area contributed by atoms with Crippen molar-refractivity contribution >= 4 is 49.3 Å². The molecule has 0 aliphatic carbocycles. The average molecular weight is 620 g/mol. The molecule has 0 bridgehead atoms. The SMILES string of the molecule is [C-]#[N+]c1cc(-n2c3ccccc3c3ccc(C)cc32)c(-c2cc(C)cc(C(F)(F)F)c2)cc1-n1c2ccccc2c2ccc(C)cc21. The summed E-state index contributed by atoms with van der Waals surface area (Å²) < 4.78 is 46.9. The van der Waals surface area contributed by atoms with E-state index < -0.39 is 11.7 Å². The number of rotatable bonds is 3. The van der Waals surface area contributed by atoms with Crippen LogP contribution in [0.2, 0.25) is 0 Å². The third-order valence-corrected chi connectivity index (χ3v) is 9.07. The van der Waals surface area contributed by atoms with Crippen molar-refractivity contribution in [2.45, 2.75) is 26.9 Å². The second-order valence-electron chi connectivity index (χ2n) is 12.3. The minimum atomic E-state index is -4.52. The number of halogens is 3. The smallest absolute Gasteiger partial charge is 0.319 e. The van der Waals surface area contributed by atoms with Crippen molar-refractivity contribution in [3.63, 3.8) is 0 Å². The van der Waals surface area contributed by atoms with Crippen LogP contribution in [0.5, 0.6) is 0 Å². The summed E-state index contributed by atoms with van der Waals surface area (Å²) in [6, 6.07) is 36.5. The number of hydrogen-bond acceptors (Lipinski definition) is 0. The molecule has 6 heteroatoms. The molecule has 47 heavy (non-hydrogen) atoms. The van der Waals surface area contributed by atoms with E-state index in [0.717, 1.165) is 54.7 Å². The number of alkyl halides is 3. The largest absolute Gasteiger partial charge is 0.416 e. The number of benzene rings is 6. The second kappa shape index (κ2) is 10.4. The van der Waals surface area contributed by atoms with Gasteiger partial charge in [-0.15, -0.1) is 0 Å². The van der Waals surface area contributed by atoms with Gasteiger partial charge in [0.2, 0.25) is 5.69 Å². The van der Waals surface area contributed by atoms with Gasteiger partial charge in [0, 0.05) is 32.8 Å². The van der Waals surface area contributed by atoms with Gasteiger partial charge in [0.1, 0.15) is 0 Å². The van der Waals surface area contributed by atoms with Crippen molar-refractivity contribution in [3.8, 4) is 22.5 Å². The summed E-state index contributed by atoms with van der Waals surface area (Å²) in [7, 11) is 0. The minimum Gasteiger partial charge on any atom is -0.319 e. The van der Waals surface area contributed by atoms with Crippen molar-refractivity contribution in [1.29, 1.82) is 0 Å². The first-order chi connectivity index (χ1) is 22.6. The van der Waals surface area contributed by atoms with Gasteiger partial charge in [-0.3, -0.25) is 0 Å². The third kappa shape index (κ3) is 4.50. The van der Waals surface area contributed by atoms with E-state index in [9.17, 15) is 13.2 Å². The van der Waals surface area contributed by atoms with E-state index in [4.69, 9.17) is 6.57 Å². The molecule has 0 unspecified atom stereocenters. The van der Waals surface area contributed by atoms with Gasteiger partial charge in [-0.1, -0.05) is 66.7 Å². The Morgan fingerprint density at radius 1 is 0.532 bits per heavy atom. The third-order valence-electron chi connectivity index (χ3n) is 9.07. The van der Waals surface area contributed by atoms with E-state index >= 15 is 0 Å². The fraction of sp³-hybridized carbons (Fsp3) is 0.0976. The van der Waals surface area contributed by atoms with Gasteiger partial charge in [-0.25, -0.2) is 4.85 Å². The van der Waals surface area contributed by atoms with E-state index in [2.05, 4.69) is 62.5 Å². The number of aromatic nitrogens is 2. The maximum Gasteiger partial charge on any atom is 0.416 e. The fourth-order valence-corrected chi connectivity index (χ4v) is 7.03. The lowest BCUT2D eigenvalue weighted by Gasteiger charge is -2.20. The van der Waals surface area contributed by atoms with Gasteiger partial charge in [0.05, 0.1) is 39.9 Å². The van der Waals surface area contributed by atoms with Gasteiger partial charge in [0.15, 0.2) is 0 Å². The van der Waals surface area contributed by atoms with Crippen LogP contribution in [-0.4, -0.2) is 9.13 Å². The number of aryl methyl sites for hydroxylation is 3. The van der Waals surface area contributed by atoms with Crippen molar-refractivity contribution in [3.05, 3.63) is 149 Å². The zero-order valence-corrected chi connectivity index (χ0v) is 25.9. The van der Waals surface area contributed by atoms with Crippen LogP contribution in [0.25, 0.3) is 71.0 Å². The first kappa shape index (κ1) is 28.7. The summed E-state index contributed by atoms with van der Waals surface area (Å²) in [6.45, 7) is 14.1. The van der Waals surface area contributed by atoms with Crippen LogP contribution in [0.3, 0.4) is 0 Å². The number of nitrogens with zero attached hydrogens (tertiary/aromatic N) is 3. The van der Waals surface area contributed by atoms with Crippen LogP contribution >= 0.6 is 0 Å². The fourth-order valence-electron chi connectivity index (χ4n) is 7.03. The molecule has 0 N–H and O–H groups in total. The summed E-state index contributed by atoms with van der Waals surface area (Å²) in [5.41, 5.74) is 8.29. The van der Waals surface area contributed by atoms with Gasteiger partial charge < -0.3 is 9.13 Å². The van der Waals surface area contributed by atoms with Gasteiger partial charge in [-0.05, 0) is 91.6 Å². The summed E-state index contributed by atoms with van der Waals surface area (Å²) in [5, 5.41) is 4.14. The van der Waals surface area contributed by atoms with Crippen LogP contribution in [0, 0.1) is 27.3 Å². The van der Waals surface area contributed by atoms with Crippen LogP contribution < -0.4 is 0 Å². The monoisotopic (exact) mass is 619 g/mol. The quantitative estimate of drug-likeness (QED) is 0.175. The topological polar surface area (TPSA) is 14.2 Å². The average Bonchev–Trinajstić information content (AvgIpc) is 3.55. The highest BCUT2D eigenvalue weighted by Gasteiger charge is 2.31. The molecular weight excluding hydrogens is 591 g/mol. The predicted molar refractivity (Wildman–Crippen MR) is 186 cm³/mol. The number of fused-ring (bicyclic) bond motifs is 6. The van der Waals surface area contributed by atoms with Crippen LogP contribution in [0.15, 0.2) is 115 Å². The Morgan fingerprint density at radius 3 is 1.62 bits per heavy atom. The first-order valence-electron chi connectivity index (χ1n) is 15.4. The molecule has 6 aromatic carbocycles. The minimum absolute atomic E-state index is 0.398. The zero-order chi connectivity index (χ0) is 32.6. The Morgan fingerprint density at radius 2 is 1.06 bits per heavy atom. The molecule has 2 aromatic heterocycles. The lowest BCUT2D eigenvalue weighted by atomic mass is 9.97. The van der Waals surface area contributed by atoms with E-state index in [1.807, 2.05) is 62.4 Å². The maximum atomic E-state index is 14.3. The molecule has 0 fully saturated rings. The predicted octanol–water partition coefficient (Wildman–Crippen LogP) is 12.0. The zero-order valence-electron chi connectivity index (χ0n) is 25.9. The first-order valence-corrected chi connectivity index (χ1v) is 15.4. The molecule has 0 saturated heterocycles. The molecule has 8 rings (SSSR count). The normalized spacial score (nSPS) is 12.0. The second-order valence-corrected chi connectivity index (χ2v) is 12.3. The Hall–Kier alpha value is -5.80. The molecule has 0 aliphatic rings. The Bertz CT molecular complexity index is 2610. The summed E-state index contributed by atoms with van der Waals surface area (Å²) >= 11 is 0. The lowest BCUT2D eigenvalue weighted by Crippen LogP contribution is -2.06. The van der Waals surface area contributed by atoms with E-state index in [-0.39, 0.29) is 0 Å². The standard InChI is InChI=1S/C41H28F3N3/c1-24-13-15-31-29-9-5-7-11-35(29)46(37(31)19-24)39-23-34(45-4)40(22-33(39)27-17-26(3)18-28(21-27)41(42,43)44)47-36-12-8-6-10-30(36)32-16-14-25(2)20-38(32)47/h5-23H,1-3H3. The highest BCUT2D eigenvalue weighted by Crippen LogP contribution is 2.44. The molecule has 228 valence electrons. The van der Waals surface area contributed by atoms with E-state index in [0.29, 0.717) is 33.8 Å². The van der Waals surface area contributed by atoms with Crippen molar-refractivity contribution < 1.29 is 13.2 Å². The Labute approximate surface area is 269 Å². The van der Waals surface area contributed by atoms with Crippen molar-refractivity contribution in [2.24, 2.45) is 0 Å². The number of para-hydroxylation sites is 2. The van der Waals surface area contributed by atoms with Crippen LogP contribution in [0.4, 0.5) is 18.9 Å². The lowest BCUT2D eigenvalue weighted by molar-refractivity contribution is -0.137. The van der Waals surface area contributed by atoms with Crippen molar-refractivity contribution in [2.75, 3.05) is 0 Å². The van der Waals surface area contributed by atoms with Gasteiger partial charge in [-0.2, -0.15) is 13.2 Å². The molecule has 2 heterocycles. The molecule has 0 spiro atoms. The Balaban J connectivity index is 1.56. The molecule has 0 atom stereocenters. The Kier molecular flexibility index (Phi) is 6.32. The summed E-state index contributed by atoms with van der Waals surface area (Å²) in [5.74, 6) is 0. The molecule has 3 nitrogen and oxygen atoms in total. The molecule has 0 amide bonds. The summed E-state index contributed by atoms with van der Waals surface area (Å²) in [6.07, 6.45) is -4.52. The van der Waals surface area contributed by atoms with E-state index in [1.54, 1.807) is 13.0 Å². The van der Waals surface area contributed by atoms with E-state index in [1.165, 1.54) is 12.1 Å². The molecule has 0 aliphatic heterocycles. The molecular formula is C41H28F3N3. The molecule has 8 aromatic rings. The van der Waals surface area contributed by atoms with Crippen molar-refractivity contribution in [1.82, 2.24) is 9.13 Å². The van der Waals surface area contributed by atoms with Gasteiger partial charge >= 0.3 is 6.18 Å². The maximum absolute atomic E-state index is 14.3. The van der Waals surface area contributed by atoms with Crippen LogP contribution in [0.1, 0.15) is 22.3 Å². The highest BCUT2D eigenvalue weighted by molar-refractivity contribution is 6.11.